The number of benzene rings is 3. The maximum atomic E-state index is 12.8. The summed E-state index contributed by atoms with van der Waals surface area (Å²) >= 11 is 5.93. The fourth-order valence-corrected chi connectivity index (χ4v) is 3.10. The SMILES string of the molecule is Cc1[nH]n(-c2ccc(Cl)cc2)c(=O)c1C=Nc1cccc(Nc2ccccc2)c1. The zero-order valence-corrected chi connectivity index (χ0v) is 16.5. The number of H-pyrrole nitrogens is 1. The molecular weight excluding hydrogens is 384 g/mol. The molecule has 1 aromatic heterocycles. The second-order valence-corrected chi connectivity index (χ2v) is 7.00. The number of halogens is 1. The number of para-hydroxylation sites is 1. The topological polar surface area (TPSA) is 62.2 Å². The molecule has 0 radical (unpaired) electrons. The molecule has 4 aromatic rings. The van der Waals surface area contributed by atoms with E-state index in [-0.39, 0.29) is 5.56 Å². The van der Waals surface area contributed by atoms with Crippen LogP contribution in [0, 0.1) is 6.92 Å². The third-order valence-corrected chi connectivity index (χ3v) is 4.71. The lowest BCUT2D eigenvalue weighted by atomic mass is 10.2. The van der Waals surface area contributed by atoms with Crippen LogP contribution in [0.25, 0.3) is 5.69 Å². The van der Waals surface area contributed by atoms with E-state index >= 15 is 0 Å². The lowest BCUT2D eigenvalue weighted by Crippen LogP contribution is -2.17. The van der Waals surface area contributed by atoms with Crippen molar-refractivity contribution in [1.82, 2.24) is 9.78 Å². The smallest absolute Gasteiger partial charge is 0.280 e. The Kier molecular flexibility index (Phi) is 5.31. The van der Waals surface area contributed by atoms with Crippen molar-refractivity contribution in [2.45, 2.75) is 6.92 Å². The molecule has 4 rings (SSSR count). The molecule has 0 aliphatic rings. The van der Waals surface area contributed by atoms with E-state index in [1.165, 1.54) is 4.68 Å². The van der Waals surface area contributed by atoms with E-state index in [9.17, 15) is 4.79 Å². The number of aromatic nitrogens is 2. The molecule has 2 N–H and O–H groups in total. The predicted molar refractivity (Wildman–Crippen MR) is 120 cm³/mol. The van der Waals surface area contributed by atoms with Crippen LogP contribution in [0.2, 0.25) is 5.02 Å². The maximum absolute atomic E-state index is 12.8. The molecule has 0 spiro atoms. The number of aliphatic imine (C=N–C) groups is 1. The normalized spacial score (nSPS) is 11.1. The lowest BCUT2D eigenvalue weighted by Gasteiger charge is -2.06. The van der Waals surface area contributed by atoms with Crippen molar-refractivity contribution in [3.63, 3.8) is 0 Å². The number of hydrogen-bond donors (Lipinski definition) is 2. The van der Waals surface area contributed by atoms with Crippen LogP contribution in [0.5, 0.6) is 0 Å². The second kappa shape index (κ2) is 8.20. The van der Waals surface area contributed by atoms with Gasteiger partial charge in [-0.25, -0.2) is 4.68 Å². The highest BCUT2D eigenvalue weighted by Gasteiger charge is 2.10. The van der Waals surface area contributed by atoms with E-state index in [0.717, 1.165) is 28.4 Å². The number of rotatable bonds is 5. The largest absolute Gasteiger partial charge is 0.355 e. The summed E-state index contributed by atoms with van der Waals surface area (Å²) < 4.78 is 1.49. The van der Waals surface area contributed by atoms with Gasteiger partial charge in [-0.3, -0.25) is 14.9 Å². The van der Waals surface area contributed by atoms with Gasteiger partial charge in [0.1, 0.15) is 0 Å². The van der Waals surface area contributed by atoms with Crippen LogP contribution >= 0.6 is 11.6 Å². The molecule has 0 unspecified atom stereocenters. The van der Waals surface area contributed by atoms with Gasteiger partial charge in [0, 0.05) is 28.3 Å². The molecule has 0 saturated carbocycles. The molecular formula is C23H19ClN4O. The first-order valence-corrected chi connectivity index (χ1v) is 9.52. The maximum Gasteiger partial charge on any atom is 0.280 e. The molecule has 6 heteroatoms. The number of aromatic amines is 1. The summed E-state index contributed by atoms with van der Waals surface area (Å²) in [5.41, 5.74) is 4.50. The minimum atomic E-state index is -0.160. The third kappa shape index (κ3) is 4.31. The Labute approximate surface area is 173 Å². The van der Waals surface area contributed by atoms with Crippen molar-refractivity contribution in [3.8, 4) is 5.69 Å². The molecule has 0 atom stereocenters. The average molecular weight is 403 g/mol. The number of nitrogens with one attached hydrogen (secondary N) is 2. The molecule has 0 bridgehead atoms. The fourth-order valence-electron chi connectivity index (χ4n) is 2.97. The quantitative estimate of drug-likeness (QED) is 0.425. The van der Waals surface area contributed by atoms with Gasteiger partial charge in [0.2, 0.25) is 0 Å². The summed E-state index contributed by atoms with van der Waals surface area (Å²) in [6.45, 7) is 1.85. The highest BCUT2D eigenvalue weighted by molar-refractivity contribution is 6.30. The number of anilines is 2. The molecule has 0 fully saturated rings. The van der Waals surface area contributed by atoms with Gasteiger partial charge in [-0.1, -0.05) is 35.9 Å². The van der Waals surface area contributed by atoms with Crippen molar-refractivity contribution in [2.75, 3.05) is 5.32 Å². The van der Waals surface area contributed by atoms with Gasteiger partial charge in [0.15, 0.2) is 0 Å². The molecule has 1 heterocycles. The predicted octanol–water partition coefficient (Wildman–Crippen LogP) is 5.62. The van der Waals surface area contributed by atoms with Crippen molar-refractivity contribution >= 4 is 34.9 Å². The van der Waals surface area contributed by atoms with Gasteiger partial charge >= 0.3 is 0 Å². The van der Waals surface area contributed by atoms with Gasteiger partial charge in [-0.15, -0.1) is 0 Å². The van der Waals surface area contributed by atoms with Gasteiger partial charge < -0.3 is 5.32 Å². The molecule has 0 saturated heterocycles. The van der Waals surface area contributed by atoms with Crippen LogP contribution in [-0.4, -0.2) is 16.0 Å². The highest BCUT2D eigenvalue weighted by atomic mass is 35.5. The van der Waals surface area contributed by atoms with Crippen molar-refractivity contribution in [3.05, 3.63) is 105 Å². The molecule has 29 heavy (non-hydrogen) atoms. The van der Waals surface area contributed by atoms with Crippen LogP contribution in [0.4, 0.5) is 17.1 Å². The Morgan fingerprint density at radius 1 is 0.966 bits per heavy atom. The molecule has 3 aromatic carbocycles. The fraction of sp³-hybridized carbons (Fsp3) is 0.0435. The Balaban J connectivity index is 1.59. The third-order valence-electron chi connectivity index (χ3n) is 4.45. The van der Waals surface area contributed by atoms with E-state index in [2.05, 4.69) is 15.4 Å². The molecule has 0 aliphatic heterocycles. The lowest BCUT2D eigenvalue weighted by molar-refractivity contribution is 0.835. The molecule has 0 amide bonds. The Morgan fingerprint density at radius 3 is 2.45 bits per heavy atom. The summed E-state index contributed by atoms with van der Waals surface area (Å²) in [6.07, 6.45) is 1.60. The van der Waals surface area contributed by atoms with Gasteiger partial charge in [0.05, 0.1) is 16.9 Å². The highest BCUT2D eigenvalue weighted by Crippen LogP contribution is 2.21. The van der Waals surface area contributed by atoms with Crippen LogP contribution in [-0.2, 0) is 0 Å². The minimum Gasteiger partial charge on any atom is -0.355 e. The minimum absolute atomic E-state index is 0.160. The first-order valence-electron chi connectivity index (χ1n) is 9.14. The number of hydrogen-bond acceptors (Lipinski definition) is 3. The summed E-state index contributed by atoms with van der Waals surface area (Å²) in [7, 11) is 0. The van der Waals surface area contributed by atoms with E-state index in [4.69, 9.17) is 11.6 Å². The van der Waals surface area contributed by atoms with Gasteiger partial charge in [-0.2, -0.15) is 0 Å². The Morgan fingerprint density at radius 2 is 1.69 bits per heavy atom. The van der Waals surface area contributed by atoms with E-state index in [1.807, 2.05) is 61.5 Å². The Hall–Kier alpha value is -3.57. The Bertz CT molecular complexity index is 1210. The summed E-state index contributed by atoms with van der Waals surface area (Å²) in [6, 6.07) is 24.7. The summed E-state index contributed by atoms with van der Waals surface area (Å²) in [5.74, 6) is 0. The monoisotopic (exact) mass is 402 g/mol. The first kappa shape index (κ1) is 18.8. The van der Waals surface area contributed by atoms with Crippen molar-refractivity contribution in [2.24, 2.45) is 4.99 Å². The summed E-state index contributed by atoms with van der Waals surface area (Å²) in [5, 5.41) is 7.05. The van der Waals surface area contributed by atoms with Crippen LogP contribution in [0.15, 0.2) is 88.6 Å². The zero-order chi connectivity index (χ0) is 20.2. The van der Waals surface area contributed by atoms with E-state index < -0.39 is 0 Å². The first-order chi connectivity index (χ1) is 14.1. The second-order valence-electron chi connectivity index (χ2n) is 6.57. The van der Waals surface area contributed by atoms with E-state index in [0.29, 0.717) is 10.6 Å². The van der Waals surface area contributed by atoms with Crippen LogP contribution in [0.3, 0.4) is 0 Å². The zero-order valence-electron chi connectivity index (χ0n) is 15.8. The van der Waals surface area contributed by atoms with Crippen molar-refractivity contribution < 1.29 is 0 Å². The van der Waals surface area contributed by atoms with E-state index in [1.54, 1.807) is 30.5 Å². The molecule has 144 valence electrons. The molecule has 5 nitrogen and oxygen atoms in total. The molecule has 0 aliphatic carbocycles. The van der Waals surface area contributed by atoms with Crippen LogP contribution in [0.1, 0.15) is 11.3 Å². The van der Waals surface area contributed by atoms with Gasteiger partial charge in [0.25, 0.3) is 5.56 Å². The average Bonchev–Trinajstić information content (AvgIpc) is 3.02. The van der Waals surface area contributed by atoms with Crippen LogP contribution < -0.4 is 10.9 Å². The number of aryl methyl sites for hydroxylation is 1. The van der Waals surface area contributed by atoms with Crippen molar-refractivity contribution in [1.29, 1.82) is 0 Å². The number of nitrogens with zero attached hydrogens (tertiary/aromatic N) is 2. The standard InChI is InChI=1S/C23H19ClN4O/c1-16-22(23(29)28(27-16)21-12-10-17(24)11-13-21)15-25-19-8-5-9-20(14-19)26-18-6-3-2-4-7-18/h2-15,26-27H,1H3. The summed E-state index contributed by atoms with van der Waals surface area (Å²) in [4.78, 5) is 17.3. The van der Waals surface area contributed by atoms with Gasteiger partial charge in [-0.05, 0) is 61.5 Å².